The van der Waals surface area contributed by atoms with Crippen molar-refractivity contribution in [2.24, 2.45) is 0 Å². The Hall–Kier alpha value is -1.72. The van der Waals surface area contributed by atoms with E-state index >= 15 is 0 Å². The summed E-state index contributed by atoms with van der Waals surface area (Å²) in [6.07, 6.45) is -0.148. The Morgan fingerprint density at radius 3 is 2.35 bits per heavy atom. The normalized spacial score (nSPS) is 21.9. The summed E-state index contributed by atoms with van der Waals surface area (Å²) >= 11 is 0. The Morgan fingerprint density at radius 2 is 1.82 bits per heavy atom. The molecule has 1 atom stereocenters. The number of carbonyl (C=O) groups is 2. The number of epoxide rings is 1. The van der Waals surface area contributed by atoms with Gasteiger partial charge in [0.25, 0.3) is 11.8 Å². The fourth-order valence-electron chi connectivity index (χ4n) is 1.85. The van der Waals surface area contributed by atoms with Crippen molar-refractivity contribution in [3.63, 3.8) is 0 Å². The van der Waals surface area contributed by atoms with Crippen molar-refractivity contribution in [3.8, 4) is 0 Å². The van der Waals surface area contributed by atoms with Crippen molar-refractivity contribution in [2.75, 3.05) is 19.8 Å². The highest BCUT2D eigenvalue weighted by atomic mass is 16.8. The lowest BCUT2D eigenvalue weighted by atomic mass is 10.1. The van der Waals surface area contributed by atoms with Gasteiger partial charge in [0, 0.05) is 0 Å². The number of fused-ring (bicyclic) bond motifs is 1. The smallest absolute Gasteiger partial charge is 0.261 e. The third-order valence-corrected chi connectivity index (χ3v) is 2.80. The molecule has 1 aromatic carbocycles. The van der Waals surface area contributed by atoms with E-state index in [1.807, 2.05) is 0 Å². The Balaban J connectivity index is 1.70. The first kappa shape index (κ1) is 10.4. The van der Waals surface area contributed by atoms with Crippen molar-refractivity contribution in [1.29, 1.82) is 0 Å². The van der Waals surface area contributed by atoms with Gasteiger partial charge in [0.1, 0.15) is 6.61 Å². The fourth-order valence-corrected chi connectivity index (χ4v) is 1.85. The number of imide groups is 1. The molecule has 1 saturated heterocycles. The molecule has 2 amide bonds. The lowest BCUT2D eigenvalue weighted by Crippen LogP contribution is -2.33. The SMILES string of the molecule is O=C1c2ccccc2C(=O)N1CCOC1CO1. The number of hydrogen-bond donors (Lipinski definition) is 0. The molecule has 88 valence electrons. The average Bonchev–Trinajstić information content (AvgIpc) is 3.13. The molecular weight excluding hydrogens is 222 g/mol. The Kier molecular flexibility index (Phi) is 2.42. The summed E-state index contributed by atoms with van der Waals surface area (Å²) in [5.41, 5.74) is 0.945. The second kappa shape index (κ2) is 3.94. The van der Waals surface area contributed by atoms with Gasteiger partial charge in [0.2, 0.25) is 0 Å². The molecule has 3 rings (SSSR count). The third-order valence-electron chi connectivity index (χ3n) is 2.80. The van der Waals surface area contributed by atoms with E-state index in [-0.39, 0.29) is 24.6 Å². The van der Waals surface area contributed by atoms with Crippen molar-refractivity contribution in [1.82, 2.24) is 4.90 Å². The van der Waals surface area contributed by atoms with Crippen LogP contribution in [0.3, 0.4) is 0 Å². The van der Waals surface area contributed by atoms with E-state index < -0.39 is 0 Å². The molecule has 5 heteroatoms. The number of hydrogen-bond acceptors (Lipinski definition) is 4. The molecule has 5 nitrogen and oxygen atoms in total. The van der Waals surface area contributed by atoms with E-state index in [1.165, 1.54) is 4.90 Å². The molecule has 0 N–H and O–H groups in total. The predicted molar refractivity (Wildman–Crippen MR) is 57.5 cm³/mol. The number of benzene rings is 1. The number of carbonyl (C=O) groups excluding carboxylic acids is 2. The minimum atomic E-state index is -0.245. The lowest BCUT2D eigenvalue weighted by molar-refractivity contribution is 0.0320. The molecular formula is C12H11NO4. The summed E-state index contributed by atoms with van der Waals surface area (Å²) in [5, 5.41) is 0. The van der Waals surface area contributed by atoms with Crippen molar-refractivity contribution >= 4 is 11.8 Å². The summed E-state index contributed by atoms with van der Waals surface area (Å²) < 4.78 is 10.1. The molecule has 1 unspecified atom stereocenters. The molecule has 0 saturated carbocycles. The van der Waals surface area contributed by atoms with E-state index in [9.17, 15) is 9.59 Å². The fraction of sp³-hybridized carbons (Fsp3) is 0.333. The Morgan fingerprint density at radius 1 is 1.24 bits per heavy atom. The molecule has 1 aromatic rings. The molecule has 0 aromatic heterocycles. The summed E-state index contributed by atoms with van der Waals surface area (Å²) in [5.74, 6) is -0.489. The van der Waals surface area contributed by atoms with Crippen LogP contribution in [-0.2, 0) is 9.47 Å². The Labute approximate surface area is 97.9 Å². The molecule has 2 aliphatic rings. The molecule has 2 aliphatic heterocycles. The number of rotatable bonds is 4. The summed E-state index contributed by atoms with van der Waals surface area (Å²) in [6.45, 7) is 1.18. The van der Waals surface area contributed by atoms with Crippen LogP contribution in [0.5, 0.6) is 0 Å². The molecule has 1 fully saturated rings. The molecule has 17 heavy (non-hydrogen) atoms. The zero-order valence-corrected chi connectivity index (χ0v) is 9.09. The zero-order chi connectivity index (χ0) is 11.8. The maximum absolute atomic E-state index is 11.9. The van der Waals surface area contributed by atoms with Gasteiger partial charge >= 0.3 is 0 Å². The first-order valence-corrected chi connectivity index (χ1v) is 5.46. The highest BCUT2D eigenvalue weighted by Gasteiger charge is 2.35. The van der Waals surface area contributed by atoms with Gasteiger partial charge in [-0.3, -0.25) is 14.5 Å². The van der Waals surface area contributed by atoms with E-state index in [0.717, 1.165) is 0 Å². The van der Waals surface area contributed by atoms with Crippen LogP contribution in [0.4, 0.5) is 0 Å². The standard InChI is InChI=1S/C12H11NO4/c14-11-8-3-1-2-4-9(8)12(15)13(11)5-6-16-10-7-17-10/h1-4,10H,5-7H2. The molecule has 0 aliphatic carbocycles. The summed E-state index contributed by atoms with van der Waals surface area (Å²) in [6, 6.07) is 6.84. The zero-order valence-electron chi connectivity index (χ0n) is 9.09. The maximum atomic E-state index is 11.9. The van der Waals surface area contributed by atoms with Crippen LogP contribution in [0.15, 0.2) is 24.3 Å². The van der Waals surface area contributed by atoms with Gasteiger partial charge in [0.15, 0.2) is 6.29 Å². The van der Waals surface area contributed by atoms with Crippen LogP contribution >= 0.6 is 0 Å². The largest absolute Gasteiger partial charge is 0.348 e. The molecule has 0 bridgehead atoms. The quantitative estimate of drug-likeness (QED) is 0.566. The number of nitrogens with zero attached hydrogens (tertiary/aromatic N) is 1. The lowest BCUT2D eigenvalue weighted by Gasteiger charge is -2.12. The van der Waals surface area contributed by atoms with E-state index in [1.54, 1.807) is 24.3 Å². The minimum absolute atomic E-state index is 0.148. The summed E-state index contributed by atoms with van der Waals surface area (Å²) in [4.78, 5) is 25.0. The van der Waals surface area contributed by atoms with E-state index in [0.29, 0.717) is 24.3 Å². The van der Waals surface area contributed by atoms with Crippen LogP contribution in [0.25, 0.3) is 0 Å². The molecule has 2 heterocycles. The van der Waals surface area contributed by atoms with Gasteiger partial charge < -0.3 is 9.47 Å². The van der Waals surface area contributed by atoms with Crippen molar-refractivity contribution < 1.29 is 19.1 Å². The van der Waals surface area contributed by atoms with Gasteiger partial charge in [-0.05, 0) is 12.1 Å². The highest BCUT2D eigenvalue weighted by molar-refractivity contribution is 6.21. The van der Waals surface area contributed by atoms with Gasteiger partial charge in [-0.1, -0.05) is 12.1 Å². The first-order valence-electron chi connectivity index (χ1n) is 5.46. The number of ether oxygens (including phenoxy) is 2. The topological polar surface area (TPSA) is 59.1 Å². The average molecular weight is 233 g/mol. The molecule has 0 spiro atoms. The second-order valence-electron chi connectivity index (χ2n) is 3.94. The van der Waals surface area contributed by atoms with Crippen LogP contribution in [0, 0.1) is 0 Å². The van der Waals surface area contributed by atoms with Gasteiger partial charge in [-0.2, -0.15) is 0 Å². The van der Waals surface area contributed by atoms with E-state index in [2.05, 4.69) is 0 Å². The van der Waals surface area contributed by atoms with Gasteiger partial charge in [0.05, 0.1) is 24.3 Å². The third kappa shape index (κ3) is 1.83. The van der Waals surface area contributed by atoms with Crippen LogP contribution < -0.4 is 0 Å². The molecule has 0 radical (unpaired) electrons. The van der Waals surface area contributed by atoms with Crippen LogP contribution in [0.1, 0.15) is 20.7 Å². The highest BCUT2D eigenvalue weighted by Crippen LogP contribution is 2.22. The number of amides is 2. The van der Waals surface area contributed by atoms with E-state index in [4.69, 9.17) is 9.47 Å². The summed E-state index contributed by atoms with van der Waals surface area (Å²) in [7, 11) is 0. The monoisotopic (exact) mass is 233 g/mol. The Bertz CT molecular complexity index is 446. The minimum Gasteiger partial charge on any atom is -0.348 e. The van der Waals surface area contributed by atoms with Gasteiger partial charge in [-0.15, -0.1) is 0 Å². The second-order valence-corrected chi connectivity index (χ2v) is 3.94. The van der Waals surface area contributed by atoms with Crippen molar-refractivity contribution in [3.05, 3.63) is 35.4 Å². The van der Waals surface area contributed by atoms with Gasteiger partial charge in [-0.25, -0.2) is 0 Å². The van der Waals surface area contributed by atoms with Crippen LogP contribution in [0.2, 0.25) is 0 Å². The van der Waals surface area contributed by atoms with Crippen molar-refractivity contribution in [2.45, 2.75) is 6.29 Å². The predicted octanol–water partition coefficient (Wildman–Crippen LogP) is 0.655. The van der Waals surface area contributed by atoms with Crippen LogP contribution in [-0.4, -0.2) is 42.8 Å². The first-order chi connectivity index (χ1) is 8.27. The maximum Gasteiger partial charge on any atom is 0.261 e.